The average Bonchev–Trinajstić information content (AvgIpc) is 2.19. The van der Waals surface area contributed by atoms with Gasteiger partial charge in [-0.25, -0.2) is 0 Å². The predicted molar refractivity (Wildman–Crippen MR) is 69.5 cm³/mol. The standard InChI is InChI=1S/C13H23N3/c1-10(2)7-15-8-12-5-6-14-9-13(12)16-11(3)4/h5-6,9-11,15-16H,7-8H2,1-4H3. The molecule has 3 nitrogen and oxygen atoms in total. The lowest BCUT2D eigenvalue weighted by Gasteiger charge is -2.15. The third-order valence-electron chi connectivity index (χ3n) is 2.22. The summed E-state index contributed by atoms with van der Waals surface area (Å²) in [7, 11) is 0. The van der Waals surface area contributed by atoms with Crippen LogP contribution in [-0.4, -0.2) is 17.6 Å². The van der Waals surface area contributed by atoms with E-state index in [9.17, 15) is 0 Å². The quantitative estimate of drug-likeness (QED) is 0.775. The van der Waals surface area contributed by atoms with Gasteiger partial charge < -0.3 is 10.6 Å². The van der Waals surface area contributed by atoms with Crippen molar-refractivity contribution in [2.24, 2.45) is 5.92 Å². The number of pyridine rings is 1. The van der Waals surface area contributed by atoms with Crippen molar-refractivity contribution in [3.63, 3.8) is 0 Å². The summed E-state index contributed by atoms with van der Waals surface area (Å²) in [6.07, 6.45) is 3.74. The summed E-state index contributed by atoms with van der Waals surface area (Å²) in [5.74, 6) is 0.684. The molecule has 1 rings (SSSR count). The molecule has 1 aromatic rings. The lowest BCUT2D eigenvalue weighted by atomic mass is 10.2. The second-order valence-electron chi connectivity index (χ2n) is 4.86. The second kappa shape index (κ2) is 6.48. The molecule has 0 atom stereocenters. The fraction of sp³-hybridized carbons (Fsp3) is 0.615. The van der Waals surface area contributed by atoms with Gasteiger partial charge >= 0.3 is 0 Å². The molecule has 0 radical (unpaired) electrons. The highest BCUT2D eigenvalue weighted by Crippen LogP contribution is 2.14. The monoisotopic (exact) mass is 221 g/mol. The van der Waals surface area contributed by atoms with Crippen LogP contribution in [0.2, 0.25) is 0 Å². The van der Waals surface area contributed by atoms with Crippen molar-refractivity contribution >= 4 is 5.69 Å². The van der Waals surface area contributed by atoms with Crippen molar-refractivity contribution in [3.05, 3.63) is 24.0 Å². The van der Waals surface area contributed by atoms with Crippen molar-refractivity contribution in [2.75, 3.05) is 11.9 Å². The van der Waals surface area contributed by atoms with Crippen LogP contribution in [0, 0.1) is 5.92 Å². The highest BCUT2D eigenvalue weighted by atomic mass is 14.9. The Kier molecular flexibility index (Phi) is 5.26. The fourth-order valence-electron chi connectivity index (χ4n) is 1.51. The van der Waals surface area contributed by atoms with Gasteiger partial charge in [0.05, 0.1) is 11.9 Å². The van der Waals surface area contributed by atoms with Gasteiger partial charge in [-0.15, -0.1) is 0 Å². The summed E-state index contributed by atoms with van der Waals surface area (Å²) in [6, 6.07) is 2.51. The van der Waals surface area contributed by atoms with Crippen LogP contribution in [0.3, 0.4) is 0 Å². The molecule has 0 aliphatic carbocycles. The molecule has 0 unspecified atom stereocenters. The van der Waals surface area contributed by atoms with Gasteiger partial charge in [-0.1, -0.05) is 13.8 Å². The summed E-state index contributed by atoms with van der Waals surface area (Å²) in [6.45, 7) is 10.6. The van der Waals surface area contributed by atoms with E-state index in [1.807, 2.05) is 12.4 Å². The molecule has 0 fully saturated rings. The number of anilines is 1. The number of hydrogen-bond donors (Lipinski definition) is 2. The molecule has 0 aliphatic heterocycles. The highest BCUT2D eigenvalue weighted by molar-refractivity contribution is 5.49. The largest absolute Gasteiger partial charge is 0.381 e. The Hall–Kier alpha value is -1.09. The Balaban J connectivity index is 2.56. The van der Waals surface area contributed by atoms with Crippen LogP contribution < -0.4 is 10.6 Å². The Morgan fingerprint density at radius 2 is 2.00 bits per heavy atom. The first-order chi connectivity index (χ1) is 7.59. The summed E-state index contributed by atoms with van der Waals surface area (Å²) in [5.41, 5.74) is 2.41. The maximum Gasteiger partial charge on any atom is 0.0574 e. The minimum atomic E-state index is 0.438. The number of aromatic nitrogens is 1. The molecule has 1 aromatic heterocycles. The van der Waals surface area contributed by atoms with E-state index in [1.54, 1.807) is 0 Å². The van der Waals surface area contributed by atoms with Crippen molar-refractivity contribution in [1.82, 2.24) is 10.3 Å². The predicted octanol–water partition coefficient (Wildman–Crippen LogP) is 2.65. The van der Waals surface area contributed by atoms with E-state index in [-0.39, 0.29) is 0 Å². The van der Waals surface area contributed by atoms with Crippen LogP contribution >= 0.6 is 0 Å². The van der Waals surface area contributed by atoms with Crippen molar-refractivity contribution in [2.45, 2.75) is 40.3 Å². The van der Waals surface area contributed by atoms with Crippen molar-refractivity contribution in [1.29, 1.82) is 0 Å². The van der Waals surface area contributed by atoms with Gasteiger partial charge in [-0.3, -0.25) is 4.98 Å². The molecule has 0 aliphatic rings. The van der Waals surface area contributed by atoms with Crippen LogP contribution in [0.1, 0.15) is 33.3 Å². The maximum absolute atomic E-state index is 4.15. The number of nitrogens with one attached hydrogen (secondary N) is 2. The van der Waals surface area contributed by atoms with Gasteiger partial charge in [0.15, 0.2) is 0 Å². The Morgan fingerprint density at radius 1 is 1.25 bits per heavy atom. The normalized spacial score (nSPS) is 11.1. The Labute approximate surface area is 98.7 Å². The average molecular weight is 221 g/mol. The maximum atomic E-state index is 4.15. The van der Waals surface area contributed by atoms with Gasteiger partial charge in [0, 0.05) is 18.8 Å². The van der Waals surface area contributed by atoms with Gasteiger partial charge in [-0.2, -0.15) is 0 Å². The highest BCUT2D eigenvalue weighted by Gasteiger charge is 2.03. The zero-order valence-electron chi connectivity index (χ0n) is 10.7. The molecule has 0 bridgehead atoms. The summed E-state index contributed by atoms with van der Waals surface area (Å²) < 4.78 is 0. The zero-order chi connectivity index (χ0) is 12.0. The first kappa shape index (κ1) is 13.0. The van der Waals surface area contributed by atoms with E-state index in [0.717, 1.165) is 18.8 Å². The minimum absolute atomic E-state index is 0.438. The number of nitrogens with zero attached hydrogens (tertiary/aromatic N) is 1. The minimum Gasteiger partial charge on any atom is -0.381 e. The smallest absolute Gasteiger partial charge is 0.0574 e. The molecule has 2 N–H and O–H groups in total. The van der Waals surface area contributed by atoms with Crippen molar-refractivity contribution in [3.8, 4) is 0 Å². The lowest BCUT2D eigenvalue weighted by molar-refractivity contribution is 0.552. The van der Waals surface area contributed by atoms with E-state index >= 15 is 0 Å². The van der Waals surface area contributed by atoms with Gasteiger partial charge in [0.1, 0.15) is 0 Å². The first-order valence-electron chi connectivity index (χ1n) is 5.99. The van der Waals surface area contributed by atoms with Gasteiger partial charge in [0.25, 0.3) is 0 Å². The molecule has 0 amide bonds. The second-order valence-corrected chi connectivity index (χ2v) is 4.86. The molecule has 16 heavy (non-hydrogen) atoms. The van der Waals surface area contributed by atoms with Crippen LogP contribution in [0.25, 0.3) is 0 Å². The molecule has 1 heterocycles. The molecule has 0 saturated heterocycles. The summed E-state index contributed by atoms with van der Waals surface area (Å²) in [5, 5.41) is 6.86. The van der Waals surface area contributed by atoms with Crippen LogP contribution in [0.15, 0.2) is 18.5 Å². The lowest BCUT2D eigenvalue weighted by Crippen LogP contribution is -2.20. The molecule has 0 aromatic carbocycles. The van der Waals surface area contributed by atoms with Gasteiger partial charge in [-0.05, 0) is 37.9 Å². The van der Waals surface area contributed by atoms with E-state index in [2.05, 4.69) is 49.4 Å². The third-order valence-corrected chi connectivity index (χ3v) is 2.22. The molecule has 3 heteroatoms. The van der Waals surface area contributed by atoms with Crippen molar-refractivity contribution < 1.29 is 0 Å². The zero-order valence-corrected chi connectivity index (χ0v) is 10.7. The molecular weight excluding hydrogens is 198 g/mol. The summed E-state index contributed by atoms with van der Waals surface area (Å²) >= 11 is 0. The van der Waals surface area contributed by atoms with E-state index in [1.165, 1.54) is 5.56 Å². The third kappa shape index (κ3) is 4.62. The van der Waals surface area contributed by atoms with E-state index in [0.29, 0.717) is 12.0 Å². The number of hydrogen-bond acceptors (Lipinski definition) is 3. The Bertz CT molecular complexity index is 308. The molecular formula is C13H23N3. The summed E-state index contributed by atoms with van der Waals surface area (Å²) in [4.78, 5) is 4.15. The number of rotatable bonds is 6. The van der Waals surface area contributed by atoms with Crippen LogP contribution in [0.4, 0.5) is 5.69 Å². The topological polar surface area (TPSA) is 37.0 Å². The SMILES string of the molecule is CC(C)CNCc1ccncc1NC(C)C. The molecule has 0 spiro atoms. The van der Waals surface area contributed by atoms with Crippen LogP contribution in [0.5, 0.6) is 0 Å². The first-order valence-corrected chi connectivity index (χ1v) is 5.99. The fourth-order valence-corrected chi connectivity index (χ4v) is 1.51. The van der Waals surface area contributed by atoms with E-state index in [4.69, 9.17) is 0 Å². The molecule has 0 saturated carbocycles. The Morgan fingerprint density at radius 3 is 2.62 bits per heavy atom. The van der Waals surface area contributed by atoms with Gasteiger partial charge in [0.2, 0.25) is 0 Å². The van der Waals surface area contributed by atoms with E-state index < -0.39 is 0 Å². The molecule has 90 valence electrons. The van der Waals surface area contributed by atoms with Crippen LogP contribution in [-0.2, 0) is 6.54 Å².